The first-order chi connectivity index (χ1) is 30.7. The standard InChI is InChI=1S/C56H31N3O3/c1-2-13-32(14-3-1)35-25-28-48-42(30-35)53-55(62-48)52(57-56(58-53)39-20-12-24-49-50(39)37-18-7-10-22-46(37)60-49)40-26-27-44(51-38-19-8-11-23-47(38)61-54(40)51)59-43-21-9-6-17-36(43)41-29-33-15-4-5-16-34(33)31-45(41)59/h1-31H. The summed E-state index contributed by atoms with van der Waals surface area (Å²) in [6.45, 7) is 0. The van der Waals surface area contributed by atoms with Gasteiger partial charge >= 0.3 is 0 Å². The third kappa shape index (κ3) is 4.69. The van der Waals surface area contributed by atoms with E-state index in [1.54, 1.807) is 0 Å². The monoisotopic (exact) mass is 793 g/mol. The Morgan fingerprint density at radius 1 is 0.371 bits per heavy atom. The van der Waals surface area contributed by atoms with E-state index in [2.05, 4.69) is 138 Å². The van der Waals surface area contributed by atoms with Gasteiger partial charge in [-0.15, -0.1) is 0 Å². The fourth-order valence-electron chi connectivity index (χ4n) is 9.82. The summed E-state index contributed by atoms with van der Waals surface area (Å²) in [4.78, 5) is 10.9. The number of aromatic nitrogens is 3. The van der Waals surface area contributed by atoms with E-state index in [-0.39, 0.29) is 0 Å². The minimum atomic E-state index is 0.570. The summed E-state index contributed by atoms with van der Waals surface area (Å²) >= 11 is 0. The molecule has 0 aliphatic heterocycles. The van der Waals surface area contributed by atoms with Crippen LogP contribution in [-0.2, 0) is 0 Å². The van der Waals surface area contributed by atoms with Crippen molar-refractivity contribution in [1.29, 1.82) is 0 Å². The molecule has 0 fully saturated rings. The molecule has 0 saturated heterocycles. The van der Waals surface area contributed by atoms with Gasteiger partial charge in [0.25, 0.3) is 0 Å². The Bertz CT molecular complexity index is 4170. The van der Waals surface area contributed by atoms with Crippen LogP contribution in [0.5, 0.6) is 0 Å². The van der Waals surface area contributed by atoms with Crippen LogP contribution in [0.2, 0.25) is 0 Å². The first kappa shape index (κ1) is 33.4. The molecule has 0 amide bonds. The highest BCUT2D eigenvalue weighted by Crippen LogP contribution is 2.46. The average Bonchev–Trinajstić information content (AvgIpc) is 4.10. The summed E-state index contributed by atoms with van der Waals surface area (Å²) in [6, 6.07) is 65.5. The molecule has 14 aromatic rings. The number of hydrogen-bond acceptors (Lipinski definition) is 5. The first-order valence-electron chi connectivity index (χ1n) is 20.8. The van der Waals surface area contributed by atoms with E-state index >= 15 is 0 Å². The van der Waals surface area contributed by atoms with Crippen molar-refractivity contribution in [2.75, 3.05) is 0 Å². The summed E-state index contributed by atoms with van der Waals surface area (Å²) < 4.78 is 22.6. The van der Waals surface area contributed by atoms with Crippen LogP contribution in [0, 0.1) is 0 Å². The maximum Gasteiger partial charge on any atom is 0.180 e. The predicted molar refractivity (Wildman–Crippen MR) is 252 cm³/mol. The third-order valence-corrected chi connectivity index (χ3v) is 12.6. The Morgan fingerprint density at radius 3 is 1.90 bits per heavy atom. The van der Waals surface area contributed by atoms with Crippen LogP contribution in [-0.4, -0.2) is 14.5 Å². The normalized spacial score (nSPS) is 12.2. The number of nitrogens with zero attached hydrogens (tertiary/aromatic N) is 3. The van der Waals surface area contributed by atoms with Gasteiger partial charge < -0.3 is 17.8 Å². The van der Waals surface area contributed by atoms with Crippen LogP contribution in [0.3, 0.4) is 0 Å². The lowest BCUT2D eigenvalue weighted by Gasteiger charge is -2.13. The number of furan rings is 3. The second-order valence-corrected chi connectivity index (χ2v) is 16.0. The number of hydrogen-bond donors (Lipinski definition) is 0. The molecule has 62 heavy (non-hydrogen) atoms. The molecule has 0 saturated carbocycles. The van der Waals surface area contributed by atoms with E-state index in [9.17, 15) is 0 Å². The van der Waals surface area contributed by atoms with Crippen LogP contribution < -0.4 is 0 Å². The quantitative estimate of drug-likeness (QED) is 0.177. The summed E-state index contributed by atoms with van der Waals surface area (Å²) in [6.07, 6.45) is 0. The van der Waals surface area contributed by atoms with Crippen molar-refractivity contribution >= 4 is 98.5 Å². The van der Waals surface area contributed by atoms with Gasteiger partial charge in [0.2, 0.25) is 0 Å². The molecule has 14 rings (SSSR count). The second kappa shape index (κ2) is 12.5. The maximum atomic E-state index is 7.00. The summed E-state index contributed by atoms with van der Waals surface area (Å²) in [5.74, 6) is 0.570. The van der Waals surface area contributed by atoms with Gasteiger partial charge in [-0.2, -0.15) is 0 Å². The molecule has 5 heterocycles. The molecule has 0 aliphatic carbocycles. The Labute approximate surface area is 352 Å². The molecule has 5 aromatic heterocycles. The topological polar surface area (TPSA) is 70.1 Å². The van der Waals surface area contributed by atoms with Crippen LogP contribution in [0.25, 0.3) is 138 Å². The number of benzene rings is 9. The number of rotatable bonds is 4. The number of para-hydroxylation sites is 3. The largest absolute Gasteiger partial charge is 0.456 e. The van der Waals surface area contributed by atoms with Gasteiger partial charge in [0, 0.05) is 43.4 Å². The Hall–Kier alpha value is -8.48. The second-order valence-electron chi connectivity index (χ2n) is 16.0. The van der Waals surface area contributed by atoms with Crippen molar-refractivity contribution in [2.45, 2.75) is 0 Å². The molecule has 6 nitrogen and oxygen atoms in total. The predicted octanol–water partition coefficient (Wildman–Crippen LogP) is 15.4. The number of fused-ring (bicyclic) bond motifs is 13. The molecule has 0 spiro atoms. The molecule has 0 radical (unpaired) electrons. The lowest BCUT2D eigenvalue weighted by Crippen LogP contribution is -1.98. The average molecular weight is 794 g/mol. The SMILES string of the molecule is c1ccc(-c2ccc3oc4c(-c5ccc(-n6c7ccccc7c7cc8ccccc8cc76)c6c5oc5ccccc56)nc(-c5cccc6oc7ccccc7c56)nc4c3c2)cc1. The van der Waals surface area contributed by atoms with Crippen molar-refractivity contribution in [3.63, 3.8) is 0 Å². The smallest absolute Gasteiger partial charge is 0.180 e. The highest BCUT2D eigenvalue weighted by Gasteiger charge is 2.26. The molecule has 9 aromatic carbocycles. The van der Waals surface area contributed by atoms with Gasteiger partial charge in [-0.05, 0) is 82.6 Å². The Balaban J connectivity index is 1.10. The minimum absolute atomic E-state index is 0.570. The molecular formula is C56H31N3O3. The van der Waals surface area contributed by atoms with E-state index in [1.807, 2.05) is 54.6 Å². The van der Waals surface area contributed by atoms with Gasteiger partial charge in [0.1, 0.15) is 39.1 Å². The summed E-state index contributed by atoms with van der Waals surface area (Å²) in [5.41, 5.74) is 13.0. The van der Waals surface area contributed by atoms with Gasteiger partial charge in [-0.3, -0.25) is 0 Å². The molecule has 0 bridgehead atoms. The lowest BCUT2D eigenvalue weighted by atomic mass is 10.0. The highest BCUT2D eigenvalue weighted by atomic mass is 16.3. The van der Waals surface area contributed by atoms with Crippen molar-refractivity contribution in [2.24, 2.45) is 0 Å². The fraction of sp³-hybridized carbons (Fsp3) is 0. The minimum Gasteiger partial charge on any atom is -0.456 e. The van der Waals surface area contributed by atoms with Crippen molar-refractivity contribution in [3.05, 3.63) is 188 Å². The summed E-state index contributed by atoms with van der Waals surface area (Å²) in [5, 5.41) is 9.68. The lowest BCUT2D eigenvalue weighted by molar-refractivity contribution is 0.662. The van der Waals surface area contributed by atoms with Gasteiger partial charge in [-0.1, -0.05) is 127 Å². The van der Waals surface area contributed by atoms with Crippen molar-refractivity contribution in [3.8, 4) is 39.5 Å². The first-order valence-corrected chi connectivity index (χ1v) is 20.8. The van der Waals surface area contributed by atoms with Crippen molar-refractivity contribution in [1.82, 2.24) is 14.5 Å². The van der Waals surface area contributed by atoms with E-state index < -0.39 is 0 Å². The molecule has 0 aliphatic rings. The van der Waals surface area contributed by atoms with E-state index in [0.29, 0.717) is 17.1 Å². The fourth-order valence-corrected chi connectivity index (χ4v) is 9.82. The van der Waals surface area contributed by atoms with Crippen molar-refractivity contribution < 1.29 is 13.3 Å². The van der Waals surface area contributed by atoms with Crippen LogP contribution in [0.15, 0.2) is 201 Å². The summed E-state index contributed by atoms with van der Waals surface area (Å²) in [7, 11) is 0. The van der Waals surface area contributed by atoms with Gasteiger partial charge in [-0.25, -0.2) is 9.97 Å². The zero-order valence-corrected chi connectivity index (χ0v) is 33.0. The maximum absolute atomic E-state index is 7.00. The van der Waals surface area contributed by atoms with Crippen LogP contribution in [0.1, 0.15) is 0 Å². The van der Waals surface area contributed by atoms with Gasteiger partial charge in [0.15, 0.2) is 11.4 Å². The zero-order chi connectivity index (χ0) is 40.5. The molecule has 0 atom stereocenters. The molecule has 288 valence electrons. The molecule has 6 heteroatoms. The zero-order valence-electron chi connectivity index (χ0n) is 33.0. The molecule has 0 N–H and O–H groups in total. The van der Waals surface area contributed by atoms with Crippen LogP contribution in [0.4, 0.5) is 0 Å². The van der Waals surface area contributed by atoms with E-state index in [1.165, 1.54) is 21.5 Å². The van der Waals surface area contributed by atoms with E-state index in [0.717, 1.165) is 99.3 Å². The Morgan fingerprint density at radius 2 is 1.05 bits per heavy atom. The third-order valence-electron chi connectivity index (χ3n) is 12.6. The molecular weight excluding hydrogens is 763 g/mol. The Kier molecular flexibility index (Phi) is 6.74. The van der Waals surface area contributed by atoms with Gasteiger partial charge in [0.05, 0.1) is 22.1 Å². The van der Waals surface area contributed by atoms with E-state index in [4.69, 9.17) is 23.2 Å². The van der Waals surface area contributed by atoms with Crippen LogP contribution >= 0.6 is 0 Å². The molecule has 0 unspecified atom stereocenters. The highest BCUT2D eigenvalue weighted by molar-refractivity contribution is 6.20.